The molecule has 0 spiro atoms. The number of likely N-dealkylation sites (tertiary alicyclic amines) is 1. The van der Waals surface area contributed by atoms with Crippen molar-refractivity contribution in [3.8, 4) is 0 Å². The van der Waals surface area contributed by atoms with Gasteiger partial charge in [-0.05, 0) is 56.1 Å². The molecule has 2 rings (SSSR count). The Balaban J connectivity index is 1.83. The summed E-state index contributed by atoms with van der Waals surface area (Å²) in [6.45, 7) is 5.91. The Bertz CT molecular complexity index is 406. The fraction of sp³-hybridized carbons (Fsp3) is 0.600. The Labute approximate surface area is 113 Å². The minimum absolute atomic E-state index is 0.290. The van der Waals surface area contributed by atoms with Crippen molar-refractivity contribution in [3.63, 3.8) is 0 Å². The lowest BCUT2D eigenvalue weighted by molar-refractivity contribution is 0.137. The van der Waals surface area contributed by atoms with Crippen LogP contribution in [0.25, 0.3) is 0 Å². The van der Waals surface area contributed by atoms with Crippen LogP contribution in [0.1, 0.15) is 25.3 Å². The van der Waals surface area contributed by atoms with E-state index < -0.39 is 11.6 Å². The Kier molecular flexibility index (Phi) is 4.53. The van der Waals surface area contributed by atoms with Gasteiger partial charge in [-0.15, -0.1) is 0 Å². The first-order valence-corrected chi connectivity index (χ1v) is 6.81. The first-order valence-electron chi connectivity index (χ1n) is 6.81. The molecule has 1 aromatic carbocycles. The molecule has 1 aromatic rings. The van der Waals surface area contributed by atoms with E-state index >= 15 is 0 Å². The van der Waals surface area contributed by atoms with Gasteiger partial charge in [-0.1, -0.05) is 6.92 Å². The molecule has 4 heteroatoms. The highest BCUT2D eigenvalue weighted by molar-refractivity contribution is 5.17. The Hall–Kier alpha value is -1.00. The standard InChI is InChI=1S/C15H22F2N2/c1-15(3-5-19(2)6-4-15)11-18-10-12-7-13(16)9-14(17)8-12/h7-9,18H,3-6,10-11H2,1-2H3. The van der Waals surface area contributed by atoms with E-state index in [4.69, 9.17) is 0 Å². The van der Waals surface area contributed by atoms with Crippen LogP contribution < -0.4 is 5.32 Å². The molecule has 0 amide bonds. The van der Waals surface area contributed by atoms with Gasteiger partial charge in [0.25, 0.3) is 0 Å². The zero-order valence-electron chi connectivity index (χ0n) is 11.7. The molecule has 0 atom stereocenters. The van der Waals surface area contributed by atoms with Gasteiger partial charge in [0.05, 0.1) is 0 Å². The van der Waals surface area contributed by atoms with E-state index in [1.165, 1.54) is 12.1 Å². The molecule has 2 nitrogen and oxygen atoms in total. The maximum absolute atomic E-state index is 13.1. The summed E-state index contributed by atoms with van der Waals surface area (Å²) in [6.07, 6.45) is 2.32. The quantitative estimate of drug-likeness (QED) is 0.903. The summed E-state index contributed by atoms with van der Waals surface area (Å²) in [5.74, 6) is -1.02. The molecule has 0 bridgehead atoms. The number of hydrogen-bond donors (Lipinski definition) is 1. The predicted octanol–water partition coefficient (Wildman–Crippen LogP) is 2.79. The molecule has 1 fully saturated rings. The van der Waals surface area contributed by atoms with Gasteiger partial charge < -0.3 is 10.2 Å². The van der Waals surface area contributed by atoms with Crippen molar-refractivity contribution in [1.82, 2.24) is 10.2 Å². The molecular weight excluding hydrogens is 246 g/mol. The second-order valence-electron chi connectivity index (χ2n) is 6.00. The number of piperidine rings is 1. The summed E-state index contributed by atoms with van der Waals surface area (Å²) in [6, 6.07) is 3.67. The largest absolute Gasteiger partial charge is 0.312 e. The molecule has 0 unspecified atom stereocenters. The number of nitrogens with zero attached hydrogens (tertiary/aromatic N) is 1. The summed E-state index contributed by atoms with van der Waals surface area (Å²) in [7, 11) is 2.14. The van der Waals surface area contributed by atoms with Crippen molar-refractivity contribution in [2.75, 3.05) is 26.7 Å². The zero-order valence-corrected chi connectivity index (χ0v) is 11.7. The molecule has 19 heavy (non-hydrogen) atoms. The first kappa shape index (κ1) is 14.4. The van der Waals surface area contributed by atoms with Gasteiger partial charge in [-0.3, -0.25) is 0 Å². The van der Waals surface area contributed by atoms with E-state index in [9.17, 15) is 8.78 Å². The molecule has 0 aromatic heterocycles. The Morgan fingerprint density at radius 2 is 1.74 bits per heavy atom. The van der Waals surface area contributed by atoms with Gasteiger partial charge in [-0.2, -0.15) is 0 Å². The third-order valence-corrected chi connectivity index (χ3v) is 4.00. The maximum Gasteiger partial charge on any atom is 0.126 e. The lowest BCUT2D eigenvalue weighted by atomic mass is 9.80. The van der Waals surface area contributed by atoms with Crippen LogP contribution in [0.4, 0.5) is 8.78 Å². The average Bonchev–Trinajstić information content (AvgIpc) is 2.32. The minimum Gasteiger partial charge on any atom is -0.312 e. The van der Waals surface area contributed by atoms with E-state index in [1.807, 2.05) is 0 Å². The number of halogens is 2. The molecular formula is C15H22F2N2. The highest BCUT2D eigenvalue weighted by Crippen LogP contribution is 2.29. The van der Waals surface area contributed by atoms with Crippen molar-refractivity contribution in [2.24, 2.45) is 5.41 Å². The molecule has 1 aliphatic heterocycles. The summed E-state index contributed by atoms with van der Waals surface area (Å²) in [5.41, 5.74) is 0.951. The summed E-state index contributed by atoms with van der Waals surface area (Å²) < 4.78 is 26.1. The number of nitrogens with one attached hydrogen (secondary N) is 1. The molecule has 1 aliphatic rings. The van der Waals surface area contributed by atoms with Crippen LogP contribution in [0.3, 0.4) is 0 Å². The lowest BCUT2D eigenvalue weighted by Crippen LogP contribution is -2.41. The van der Waals surface area contributed by atoms with E-state index in [2.05, 4.69) is 24.2 Å². The third-order valence-electron chi connectivity index (χ3n) is 4.00. The van der Waals surface area contributed by atoms with Gasteiger partial charge in [0.15, 0.2) is 0 Å². The van der Waals surface area contributed by atoms with Gasteiger partial charge >= 0.3 is 0 Å². The lowest BCUT2D eigenvalue weighted by Gasteiger charge is -2.38. The maximum atomic E-state index is 13.1. The number of benzene rings is 1. The highest BCUT2D eigenvalue weighted by Gasteiger charge is 2.28. The van der Waals surface area contributed by atoms with E-state index in [-0.39, 0.29) is 0 Å². The summed E-state index contributed by atoms with van der Waals surface area (Å²) in [5, 5.41) is 3.33. The van der Waals surface area contributed by atoms with Crippen molar-refractivity contribution in [3.05, 3.63) is 35.4 Å². The molecule has 0 radical (unpaired) electrons. The highest BCUT2D eigenvalue weighted by atomic mass is 19.1. The fourth-order valence-corrected chi connectivity index (χ4v) is 2.56. The van der Waals surface area contributed by atoms with Crippen LogP contribution in [0.2, 0.25) is 0 Å². The minimum atomic E-state index is -0.512. The van der Waals surface area contributed by atoms with Crippen LogP contribution in [-0.4, -0.2) is 31.6 Å². The van der Waals surface area contributed by atoms with Crippen LogP contribution in [0.5, 0.6) is 0 Å². The van der Waals surface area contributed by atoms with Crippen LogP contribution in [0, 0.1) is 17.0 Å². The average molecular weight is 268 g/mol. The fourth-order valence-electron chi connectivity index (χ4n) is 2.56. The topological polar surface area (TPSA) is 15.3 Å². The van der Waals surface area contributed by atoms with Crippen molar-refractivity contribution in [2.45, 2.75) is 26.3 Å². The van der Waals surface area contributed by atoms with E-state index in [0.29, 0.717) is 17.5 Å². The van der Waals surface area contributed by atoms with Gasteiger partial charge in [-0.25, -0.2) is 8.78 Å². The Morgan fingerprint density at radius 1 is 1.16 bits per heavy atom. The molecule has 1 heterocycles. The molecule has 0 aliphatic carbocycles. The number of rotatable bonds is 4. The van der Waals surface area contributed by atoms with E-state index in [0.717, 1.165) is 38.5 Å². The summed E-state index contributed by atoms with van der Waals surface area (Å²) >= 11 is 0. The van der Waals surface area contributed by atoms with Gasteiger partial charge in [0.1, 0.15) is 11.6 Å². The van der Waals surface area contributed by atoms with Gasteiger partial charge in [0.2, 0.25) is 0 Å². The van der Waals surface area contributed by atoms with Gasteiger partial charge in [0, 0.05) is 19.2 Å². The third kappa shape index (κ3) is 4.25. The molecule has 106 valence electrons. The SMILES string of the molecule is CN1CCC(C)(CNCc2cc(F)cc(F)c2)CC1. The van der Waals surface area contributed by atoms with Crippen molar-refractivity contribution < 1.29 is 8.78 Å². The first-order chi connectivity index (χ1) is 8.97. The molecule has 1 saturated heterocycles. The smallest absolute Gasteiger partial charge is 0.126 e. The van der Waals surface area contributed by atoms with Crippen molar-refractivity contribution in [1.29, 1.82) is 0 Å². The monoisotopic (exact) mass is 268 g/mol. The second-order valence-corrected chi connectivity index (χ2v) is 6.00. The predicted molar refractivity (Wildman–Crippen MR) is 72.9 cm³/mol. The van der Waals surface area contributed by atoms with Crippen LogP contribution in [-0.2, 0) is 6.54 Å². The Morgan fingerprint density at radius 3 is 2.32 bits per heavy atom. The normalized spacial score (nSPS) is 19.6. The molecule has 0 saturated carbocycles. The van der Waals surface area contributed by atoms with Crippen LogP contribution >= 0.6 is 0 Å². The number of hydrogen-bond acceptors (Lipinski definition) is 2. The molecule has 1 N–H and O–H groups in total. The zero-order chi connectivity index (χ0) is 13.9. The van der Waals surface area contributed by atoms with E-state index in [1.54, 1.807) is 0 Å². The van der Waals surface area contributed by atoms with Crippen LogP contribution in [0.15, 0.2) is 18.2 Å². The summed E-state index contributed by atoms with van der Waals surface area (Å²) in [4.78, 5) is 2.34. The second kappa shape index (κ2) is 5.97. The van der Waals surface area contributed by atoms with Crippen molar-refractivity contribution >= 4 is 0 Å².